The van der Waals surface area contributed by atoms with Crippen molar-refractivity contribution in [2.24, 2.45) is 4.99 Å². The van der Waals surface area contributed by atoms with Gasteiger partial charge in [0.05, 0.1) is 11.4 Å². The third kappa shape index (κ3) is 2.67. The lowest BCUT2D eigenvalue weighted by Gasteiger charge is -2.12. The number of Topliss-reactive ketones (excluding diaryl/α,β-unsaturated/α-hetero) is 1. The molecule has 3 aromatic rings. The summed E-state index contributed by atoms with van der Waals surface area (Å²) in [6.45, 7) is 3.51. The van der Waals surface area contributed by atoms with Crippen LogP contribution in [0.2, 0.25) is 0 Å². The zero-order valence-corrected chi connectivity index (χ0v) is 14.2. The highest BCUT2D eigenvalue weighted by Crippen LogP contribution is 2.32. The summed E-state index contributed by atoms with van der Waals surface area (Å²) >= 11 is 0. The first-order valence-electron chi connectivity index (χ1n) is 8.29. The molecular formula is C20H18N4O. The van der Waals surface area contributed by atoms with Gasteiger partial charge in [-0.1, -0.05) is 48.5 Å². The molecule has 124 valence electrons. The largest absolute Gasteiger partial charge is 0.300 e. The molecule has 1 aromatic heterocycles. The fourth-order valence-electron chi connectivity index (χ4n) is 3.28. The van der Waals surface area contributed by atoms with Crippen LogP contribution in [0.15, 0.2) is 59.6 Å². The van der Waals surface area contributed by atoms with E-state index in [0.29, 0.717) is 12.2 Å². The molecule has 0 radical (unpaired) electrons. The van der Waals surface area contributed by atoms with Gasteiger partial charge in [-0.3, -0.25) is 14.4 Å². The van der Waals surface area contributed by atoms with Crippen molar-refractivity contribution in [1.29, 1.82) is 0 Å². The predicted molar refractivity (Wildman–Crippen MR) is 96.2 cm³/mol. The van der Waals surface area contributed by atoms with Gasteiger partial charge < -0.3 is 0 Å². The number of aromatic nitrogens is 3. The molecule has 0 amide bonds. The van der Waals surface area contributed by atoms with Gasteiger partial charge in [0, 0.05) is 17.5 Å². The zero-order valence-electron chi connectivity index (χ0n) is 14.2. The molecule has 0 fully saturated rings. The van der Waals surface area contributed by atoms with Gasteiger partial charge in [-0.15, -0.1) is 10.2 Å². The number of rotatable bonds is 3. The maximum absolute atomic E-state index is 11.8. The average Bonchev–Trinajstić information content (AvgIpc) is 2.94. The minimum atomic E-state index is -0.346. The Balaban J connectivity index is 2.01. The van der Waals surface area contributed by atoms with E-state index in [-0.39, 0.29) is 11.8 Å². The van der Waals surface area contributed by atoms with Crippen molar-refractivity contribution in [3.05, 3.63) is 77.4 Å². The van der Waals surface area contributed by atoms with E-state index in [1.54, 1.807) is 6.92 Å². The van der Waals surface area contributed by atoms with Crippen LogP contribution in [0.3, 0.4) is 0 Å². The van der Waals surface area contributed by atoms with E-state index in [9.17, 15) is 4.79 Å². The van der Waals surface area contributed by atoms with Crippen molar-refractivity contribution in [3.8, 4) is 5.69 Å². The number of fused-ring (bicyclic) bond motifs is 3. The first kappa shape index (κ1) is 15.4. The van der Waals surface area contributed by atoms with Crippen LogP contribution in [-0.4, -0.2) is 26.3 Å². The van der Waals surface area contributed by atoms with Gasteiger partial charge in [0.2, 0.25) is 0 Å². The third-order valence-corrected chi connectivity index (χ3v) is 4.36. The Kier molecular flexibility index (Phi) is 3.76. The standard InChI is InChI=1S/C20H18N4O/c1-13(25)12-17-20-23-22-14(2)24(20)18-11-7-6-10-16(18)19(21-17)15-8-4-3-5-9-15/h3-11,17H,12H2,1-2H3. The molecule has 2 aromatic carbocycles. The molecule has 0 N–H and O–H groups in total. The van der Waals surface area contributed by atoms with E-state index < -0.39 is 0 Å². The summed E-state index contributed by atoms with van der Waals surface area (Å²) in [4.78, 5) is 16.8. The normalized spacial score (nSPS) is 15.8. The van der Waals surface area contributed by atoms with E-state index in [1.807, 2.05) is 60.0 Å². The number of para-hydroxylation sites is 1. The van der Waals surface area contributed by atoms with E-state index in [4.69, 9.17) is 4.99 Å². The van der Waals surface area contributed by atoms with Crippen molar-refractivity contribution < 1.29 is 4.79 Å². The van der Waals surface area contributed by atoms with Crippen molar-refractivity contribution >= 4 is 11.5 Å². The van der Waals surface area contributed by atoms with Crippen LogP contribution >= 0.6 is 0 Å². The Morgan fingerprint density at radius 3 is 2.52 bits per heavy atom. The Morgan fingerprint density at radius 2 is 1.76 bits per heavy atom. The second-order valence-electron chi connectivity index (χ2n) is 6.22. The molecule has 0 aliphatic carbocycles. The lowest BCUT2D eigenvalue weighted by Crippen LogP contribution is -2.09. The van der Waals surface area contributed by atoms with Gasteiger partial charge in [0.1, 0.15) is 17.6 Å². The van der Waals surface area contributed by atoms with Gasteiger partial charge in [-0.2, -0.15) is 0 Å². The lowest BCUT2D eigenvalue weighted by molar-refractivity contribution is -0.117. The van der Waals surface area contributed by atoms with Crippen molar-refractivity contribution in [1.82, 2.24) is 14.8 Å². The maximum atomic E-state index is 11.8. The Morgan fingerprint density at radius 1 is 1.04 bits per heavy atom. The van der Waals surface area contributed by atoms with Crippen molar-refractivity contribution in [2.75, 3.05) is 0 Å². The highest BCUT2D eigenvalue weighted by atomic mass is 16.1. The summed E-state index contributed by atoms with van der Waals surface area (Å²) in [7, 11) is 0. The van der Waals surface area contributed by atoms with E-state index >= 15 is 0 Å². The molecular weight excluding hydrogens is 312 g/mol. The Labute approximate surface area is 146 Å². The number of ketones is 1. The minimum absolute atomic E-state index is 0.0827. The predicted octanol–water partition coefficient (Wildman–Crippen LogP) is 3.45. The molecule has 25 heavy (non-hydrogen) atoms. The second-order valence-corrected chi connectivity index (χ2v) is 6.22. The lowest BCUT2D eigenvalue weighted by atomic mass is 10.0. The number of carbonyl (C=O) groups is 1. The maximum Gasteiger partial charge on any atom is 0.162 e. The highest BCUT2D eigenvalue weighted by molar-refractivity contribution is 6.15. The SMILES string of the molecule is CC(=O)CC1N=C(c2ccccc2)c2ccccc2-n2c(C)nnc21. The summed E-state index contributed by atoms with van der Waals surface area (Å²) in [5.41, 5.74) is 3.92. The molecule has 4 rings (SSSR count). The highest BCUT2D eigenvalue weighted by Gasteiger charge is 2.28. The Bertz CT molecular complexity index is 972. The number of aryl methyl sites for hydroxylation is 1. The van der Waals surface area contributed by atoms with Crippen molar-refractivity contribution in [3.63, 3.8) is 0 Å². The molecule has 5 heteroatoms. The summed E-state index contributed by atoms with van der Waals surface area (Å²) < 4.78 is 2.02. The third-order valence-electron chi connectivity index (χ3n) is 4.36. The average molecular weight is 330 g/mol. The van der Waals surface area contributed by atoms with Crippen LogP contribution in [0, 0.1) is 6.92 Å². The second kappa shape index (κ2) is 6.09. The van der Waals surface area contributed by atoms with Crippen LogP contribution in [0.25, 0.3) is 5.69 Å². The number of carbonyl (C=O) groups excluding carboxylic acids is 1. The fourth-order valence-corrected chi connectivity index (χ4v) is 3.28. The molecule has 0 spiro atoms. The van der Waals surface area contributed by atoms with Crippen molar-refractivity contribution in [2.45, 2.75) is 26.3 Å². The van der Waals surface area contributed by atoms with E-state index in [2.05, 4.69) is 16.3 Å². The summed E-state index contributed by atoms with van der Waals surface area (Å²) in [5, 5.41) is 8.56. The number of hydrogen-bond donors (Lipinski definition) is 0. The smallest absolute Gasteiger partial charge is 0.162 e. The first-order chi connectivity index (χ1) is 12.1. The van der Waals surface area contributed by atoms with Crippen LogP contribution < -0.4 is 0 Å². The molecule has 5 nitrogen and oxygen atoms in total. The molecule has 2 heterocycles. The number of nitrogens with zero attached hydrogens (tertiary/aromatic N) is 4. The van der Waals surface area contributed by atoms with Crippen LogP contribution in [0.4, 0.5) is 0 Å². The number of benzene rings is 2. The van der Waals surface area contributed by atoms with Gasteiger partial charge >= 0.3 is 0 Å². The molecule has 0 bridgehead atoms. The van der Waals surface area contributed by atoms with Gasteiger partial charge in [-0.05, 0) is 19.9 Å². The van der Waals surface area contributed by atoms with Crippen LogP contribution in [0.5, 0.6) is 0 Å². The van der Waals surface area contributed by atoms with Gasteiger partial charge in [0.15, 0.2) is 5.82 Å². The van der Waals surface area contributed by atoms with E-state index in [0.717, 1.165) is 28.4 Å². The molecule has 0 saturated carbocycles. The Hall–Kier alpha value is -3.08. The molecule has 1 atom stereocenters. The fraction of sp³-hybridized carbons (Fsp3) is 0.200. The number of aliphatic imine (C=N–C) groups is 1. The van der Waals surface area contributed by atoms with Gasteiger partial charge in [0.25, 0.3) is 0 Å². The summed E-state index contributed by atoms with van der Waals surface area (Å²) in [5.74, 6) is 1.59. The zero-order chi connectivity index (χ0) is 17.4. The monoisotopic (exact) mass is 330 g/mol. The molecule has 1 aliphatic rings. The van der Waals surface area contributed by atoms with Gasteiger partial charge in [-0.25, -0.2) is 0 Å². The van der Waals surface area contributed by atoms with E-state index in [1.165, 1.54) is 0 Å². The quantitative estimate of drug-likeness (QED) is 0.739. The topological polar surface area (TPSA) is 60.1 Å². The van der Waals surface area contributed by atoms with Crippen LogP contribution in [-0.2, 0) is 4.79 Å². The first-order valence-corrected chi connectivity index (χ1v) is 8.29. The number of hydrogen-bond acceptors (Lipinski definition) is 4. The minimum Gasteiger partial charge on any atom is -0.300 e. The summed E-state index contributed by atoms with van der Waals surface area (Å²) in [6, 6.07) is 17.8. The van der Waals surface area contributed by atoms with Crippen LogP contribution in [0.1, 0.15) is 42.2 Å². The molecule has 1 aliphatic heterocycles. The summed E-state index contributed by atoms with van der Waals surface area (Å²) in [6.07, 6.45) is 0.308. The molecule has 1 unspecified atom stereocenters. The molecule has 0 saturated heterocycles.